The zero-order chi connectivity index (χ0) is 26.3. The molecule has 0 amide bonds. The smallest absolute Gasteiger partial charge is 0.309 e. The van der Waals surface area contributed by atoms with E-state index in [0.29, 0.717) is 37.4 Å². The van der Waals surface area contributed by atoms with E-state index in [1.807, 2.05) is 0 Å². The Morgan fingerprint density at radius 3 is 1.57 bits per heavy atom. The molecule has 0 saturated heterocycles. The predicted octanol–water partition coefficient (Wildman–Crippen LogP) is 9.29. The van der Waals surface area contributed by atoms with E-state index in [-0.39, 0.29) is 17.9 Å². The fraction of sp³-hybridized carbons (Fsp3) is 0.935. The van der Waals surface area contributed by atoms with Gasteiger partial charge in [0.05, 0.1) is 19.1 Å². The van der Waals surface area contributed by atoms with Crippen LogP contribution in [0.5, 0.6) is 0 Å². The Kier molecular flexibility index (Phi) is 22.6. The molecule has 0 aliphatic carbocycles. The first-order chi connectivity index (χ1) is 16.9. The quantitative estimate of drug-likeness (QED) is 0.0986. The van der Waals surface area contributed by atoms with Crippen molar-refractivity contribution in [3.63, 3.8) is 0 Å². The van der Waals surface area contributed by atoms with Gasteiger partial charge < -0.3 is 9.47 Å². The highest BCUT2D eigenvalue weighted by atomic mass is 16.5. The summed E-state index contributed by atoms with van der Waals surface area (Å²) in [6.07, 6.45) is 18.7. The van der Waals surface area contributed by atoms with Crippen molar-refractivity contribution in [3.8, 4) is 0 Å². The Hall–Kier alpha value is -1.06. The van der Waals surface area contributed by atoms with Crippen LogP contribution in [0.3, 0.4) is 0 Å². The first-order valence-electron chi connectivity index (χ1n) is 15.2. The predicted molar refractivity (Wildman–Crippen MR) is 148 cm³/mol. The van der Waals surface area contributed by atoms with Crippen molar-refractivity contribution < 1.29 is 19.1 Å². The van der Waals surface area contributed by atoms with Crippen LogP contribution in [-0.4, -0.2) is 25.2 Å². The maximum atomic E-state index is 12.7. The second-order valence-corrected chi connectivity index (χ2v) is 11.0. The Morgan fingerprint density at radius 1 is 0.600 bits per heavy atom. The van der Waals surface area contributed by atoms with Gasteiger partial charge in [-0.05, 0) is 43.4 Å². The fourth-order valence-corrected chi connectivity index (χ4v) is 4.63. The van der Waals surface area contributed by atoms with Crippen LogP contribution in [0.15, 0.2) is 0 Å². The first-order valence-corrected chi connectivity index (χ1v) is 15.2. The molecule has 4 nitrogen and oxygen atoms in total. The average Bonchev–Trinajstić information content (AvgIpc) is 2.85. The average molecular weight is 497 g/mol. The molecule has 208 valence electrons. The summed E-state index contributed by atoms with van der Waals surface area (Å²) in [6.45, 7) is 14.2. The normalized spacial score (nSPS) is 14.0. The molecule has 3 unspecified atom stereocenters. The molecule has 0 heterocycles. The van der Waals surface area contributed by atoms with Crippen molar-refractivity contribution in [3.05, 3.63) is 0 Å². The Bertz CT molecular complexity index is 502. The third-order valence-electron chi connectivity index (χ3n) is 7.53. The van der Waals surface area contributed by atoms with Gasteiger partial charge in [-0.3, -0.25) is 9.59 Å². The van der Waals surface area contributed by atoms with Gasteiger partial charge in [0.1, 0.15) is 0 Å². The van der Waals surface area contributed by atoms with E-state index in [2.05, 4.69) is 41.5 Å². The van der Waals surface area contributed by atoms with Crippen LogP contribution in [0.2, 0.25) is 0 Å². The van der Waals surface area contributed by atoms with Crippen LogP contribution < -0.4 is 0 Å². The summed E-state index contributed by atoms with van der Waals surface area (Å²) in [5.74, 6) is 1.37. The van der Waals surface area contributed by atoms with Crippen LogP contribution in [0.25, 0.3) is 0 Å². The minimum absolute atomic E-state index is 0.0115. The van der Waals surface area contributed by atoms with E-state index >= 15 is 0 Å². The van der Waals surface area contributed by atoms with Gasteiger partial charge in [0, 0.05) is 6.42 Å². The minimum atomic E-state index is -0.0258. The lowest BCUT2D eigenvalue weighted by molar-refractivity contribution is -0.152. The summed E-state index contributed by atoms with van der Waals surface area (Å²) in [4.78, 5) is 24.6. The molecule has 0 saturated carbocycles. The van der Waals surface area contributed by atoms with Crippen molar-refractivity contribution >= 4 is 11.9 Å². The fourth-order valence-electron chi connectivity index (χ4n) is 4.63. The minimum Gasteiger partial charge on any atom is -0.465 e. The summed E-state index contributed by atoms with van der Waals surface area (Å²) >= 11 is 0. The molecule has 0 aromatic rings. The van der Waals surface area contributed by atoms with Crippen LogP contribution in [-0.2, 0) is 19.1 Å². The molecule has 0 fully saturated rings. The maximum Gasteiger partial charge on any atom is 0.309 e. The van der Waals surface area contributed by atoms with Gasteiger partial charge in [-0.1, -0.05) is 119 Å². The molecule has 3 atom stereocenters. The highest BCUT2D eigenvalue weighted by molar-refractivity contribution is 5.72. The largest absolute Gasteiger partial charge is 0.465 e. The van der Waals surface area contributed by atoms with Gasteiger partial charge in [0.25, 0.3) is 0 Å². The molecular weight excluding hydrogens is 436 g/mol. The molecule has 4 heteroatoms. The molecule has 0 aromatic carbocycles. The molecule has 0 rings (SSSR count). The zero-order valence-corrected chi connectivity index (χ0v) is 24.4. The number of hydrogen-bond donors (Lipinski definition) is 0. The monoisotopic (exact) mass is 496 g/mol. The number of unbranched alkanes of at least 4 members (excludes halogenated alkanes) is 8. The summed E-state index contributed by atoms with van der Waals surface area (Å²) in [5, 5.41) is 0. The SMILES string of the molecule is CCCCC(CC)COC(=O)CCCCCCCCCC(C(=O)OCC(CC)CCCC)C(C)C. The number of hydrogen-bond acceptors (Lipinski definition) is 4. The van der Waals surface area contributed by atoms with Gasteiger partial charge in [0.15, 0.2) is 0 Å². The van der Waals surface area contributed by atoms with E-state index in [9.17, 15) is 9.59 Å². The van der Waals surface area contributed by atoms with Crippen LogP contribution in [0.1, 0.15) is 151 Å². The number of rotatable bonds is 24. The highest BCUT2D eigenvalue weighted by Crippen LogP contribution is 2.23. The summed E-state index contributed by atoms with van der Waals surface area (Å²) in [6, 6.07) is 0. The van der Waals surface area contributed by atoms with Gasteiger partial charge in [-0.2, -0.15) is 0 Å². The van der Waals surface area contributed by atoms with Crippen LogP contribution in [0.4, 0.5) is 0 Å². The highest BCUT2D eigenvalue weighted by Gasteiger charge is 2.24. The van der Waals surface area contributed by atoms with Crippen LogP contribution >= 0.6 is 0 Å². The summed E-state index contributed by atoms with van der Waals surface area (Å²) in [5.41, 5.74) is 0. The van der Waals surface area contributed by atoms with Gasteiger partial charge in [0.2, 0.25) is 0 Å². The van der Waals surface area contributed by atoms with Crippen molar-refractivity contribution in [2.45, 2.75) is 151 Å². The van der Waals surface area contributed by atoms with E-state index in [0.717, 1.165) is 51.4 Å². The third kappa shape index (κ3) is 18.8. The second kappa shape index (κ2) is 23.3. The molecule has 0 bridgehead atoms. The number of ether oxygens (including phenoxy) is 2. The van der Waals surface area contributed by atoms with Crippen molar-refractivity contribution in [2.24, 2.45) is 23.7 Å². The zero-order valence-electron chi connectivity index (χ0n) is 24.4. The topological polar surface area (TPSA) is 52.6 Å². The molecule has 0 N–H and O–H groups in total. The first kappa shape index (κ1) is 33.9. The van der Waals surface area contributed by atoms with E-state index in [4.69, 9.17) is 9.47 Å². The number of esters is 2. The Labute approximate surface area is 218 Å². The number of carbonyl (C=O) groups is 2. The molecule has 0 aromatic heterocycles. The lowest BCUT2D eigenvalue weighted by Crippen LogP contribution is -2.25. The standard InChI is InChI=1S/C31H60O4/c1-7-11-20-27(9-3)24-34-30(32)23-19-17-15-13-14-16-18-22-29(26(5)6)31(33)35-25-28(10-4)21-12-8-2/h26-29H,7-25H2,1-6H3. The van der Waals surface area contributed by atoms with Gasteiger partial charge in [-0.15, -0.1) is 0 Å². The molecule has 0 radical (unpaired) electrons. The Morgan fingerprint density at radius 2 is 1.09 bits per heavy atom. The summed E-state index contributed by atoms with van der Waals surface area (Å²) in [7, 11) is 0. The van der Waals surface area contributed by atoms with E-state index < -0.39 is 0 Å². The maximum absolute atomic E-state index is 12.7. The molecule has 0 spiro atoms. The number of carbonyl (C=O) groups excluding carboxylic acids is 2. The van der Waals surface area contributed by atoms with Crippen molar-refractivity contribution in [1.29, 1.82) is 0 Å². The van der Waals surface area contributed by atoms with Crippen molar-refractivity contribution in [2.75, 3.05) is 13.2 Å². The molecule has 0 aliphatic rings. The lowest BCUT2D eigenvalue weighted by atomic mass is 9.90. The molecule has 35 heavy (non-hydrogen) atoms. The van der Waals surface area contributed by atoms with Crippen molar-refractivity contribution in [1.82, 2.24) is 0 Å². The van der Waals surface area contributed by atoms with Gasteiger partial charge in [-0.25, -0.2) is 0 Å². The molecular formula is C31H60O4. The van der Waals surface area contributed by atoms with Crippen LogP contribution in [0, 0.1) is 23.7 Å². The third-order valence-corrected chi connectivity index (χ3v) is 7.53. The molecule has 0 aliphatic heterocycles. The van der Waals surface area contributed by atoms with E-state index in [1.54, 1.807) is 0 Å². The lowest BCUT2D eigenvalue weighted by Gasteiger charge is -2.21. The Balaban J connectivity index is 3.88. The van der Waals surface area contributed by atoms with Gasteiger partial charge >= 0.3 is 11.9 Å². The second-order valence-electron chi connectivity index (χ2n) is 11.0. The summed E-state index contributed by atoms with van der Waals surface area (Å²) < 4.78 is 11.2. The van der Waals surface area contributed by atoms with E-state index in [1.165, 1.54) is 51.4 Å².